The van der Waals surface area contributed by atoms with E-state index in [-0.39, 0.29) is 5.41 Å². The highest BCUT2D eigenvalue weighted by Crippen LogP contribution is 2.52. The second-order valence-electron chi connectivity index (χ2n) is 5.95. The highest BCUT2D eigenvalue weighted by molar-refractivity contribution is 7.80. The molecule has 23 heavy (non-hydrogen) atoms. The molecule has 0 N–H and O–H groups in total. The van der Waals surface area contributed by atoms with Gasteiger partial charge in [-0.25, -0.2) is 0 Å². The Hall–Kier alpha value is -1.84. The minimum atomic E-state index is -0.271. The van der Waals surface area contributed by atoms with Gasteiger partial charge in [-0.3, -0.25) is 0 Å². The zero-order valence-electron chi connectivity index (χ0n) is 12.7. The molecule has 0 amide bonds. The maximum atomic E-state index is 6.16. The summed E-state index contributed by atoms with van der Waals surface area (Å²) >= 11 is 8.92. The van der Waals surface area contributed by atoms with Crippen molar-refractivity contribution >= 4 is 25.3 Å². The smallest absolute Gasteiger partial charge is 0.132 e. The second-order valence-corrected chi connectivity index (χ2v) is 6.99. The van der Waals surface area contributed by atoms with Crippen molar-refractivity contribution in [1.29, 1.82) is 0 Å². The molecule has 0 radical (unpaired) electrons. The van der Waals surface area contributed by atoms with Crippen LogP contribution in [0.4, 0.5) is 0 Å². The fourth-order valence-corrected chi connectivity index (χ4v) is 3.75. The third kappa shape index (κ3) is 2.27. The Balaban J connectivity index is 2.05. The Kier molecular flexibility index (Phi) is 3.43. The molecule has 1 aliphatic heterocycles. The number of benzene rings is 3. The SMILES string of the molecule is CC1(c2ccccc2)c2ccc(S)cc2Oc2cc(S)ccc21. The molecular formula is C20H16OS2. The summed E-state index contributed by atoms with van der Waals surface area (Å²) in [5, 5.41) is 0. The van der Waals surface area contributed by atoms with Crippen LogP contribution in [0.2, 0.25) is 0 Å². The Morgan fingerprint density at radius 2 is 1.26 bits per heavy atom. The van der Waals surface area contributed by atoms with Crippen molar-refractivity contribution in [3.63, 3.8) is 0 Å². The quantitative estimate of drug-likeness (QED) is 0.540. The number of fused-ring (bicyclic) bond motifs is 2. The first kappa shape index (κ1) is 14.7. The Bertz CT molecular complexity index is 836. The molecule has 0 bridgehead atoms. The lowest BCUT2D eigenvalue weighted by Gasteiger charge is -2.38. The van der Waals surface area contributed by atoms with Crippen LogP contribution in [-0.4, -0.2) is 0 Å². The maximum Gasteiger partial charge on any atom is 0.132 e. The summed E-state index contributed by atoms with van der Waals surface area (Å²) in [7, 11) is 0. The zero-order chi connectivity index (χ0) is 16.0. The van der Waals surface area contributed by atoms with Crippen molar-refractivity contribution in [2.75, 3.05) is 0 Å². The van der Waals surface area contributed by atoms with Gasteiger partial charge in [0, 0.05) is 26.3 Å². The van der Waals surface area contributed by atoms with Crippen LogP contribution in [0.25, 0.3) is 0 Å². The fraction of sp³-hybridized carbons (Fsp3) is 0.100. The van der Waals surface area contributed by atoms with E-state index in [2.05, 4.69) is 68.6 Å². The van der Waals surface area contributed by atoms with Crippen molar-refractivity contribution < 1.29 is 4.74 Å². The van der Waals surface area contributed by atoms with Crippen molar-refractivity contribution in [3.05, 3.63) is 83.4 Å². The Morgan fingerprint density at radius 1 is 0.739 bits per heavy atom. The molecule has 0 aliphatic carbocycles. The van der Waals surface area contributed by atoms with Crippen LogP contribution >= 0.6 is 25.3 Å². The number of hydrogen-bond donors (Lipinski definition) is 2. The minimum absolute atomic E-state index is 0.271. The van der Waals surface area contributed by atoms with Gasteiger partial charge in [-0.05, 0) is 36.8 Å². The van der Waals surface area contributed by atoms with E-state index >= 15 is 0 Å². The molecule has 0 spiro atoms. The number of thiol groups is 2. The van der Waals surface area contributed by atoms with E-state index in [1.807, 2.05) is 30.3 Å². The number of hydrogen-bond acceptors (Lipinski definition) is 3. The van der Waals surface area contributed by atoms with E-state index in [0.717, 1.165) is 32.4 Å². The highest BCUT2D eigenvalue weighted by Gasteiger charge is 2.39. The zero-order valence-corrected chi connectivity index (χ0v) is 14.4. The van der Waals surface area contributed by atoms with Crippen LogP contribution in [0.5, 0.6) is 11.5 Å². The van der Waals surface area contributed by atoms with E-state index in [1.165, 1.54) is 5.56 Å². The molecule has 0 saturated heterocycles. The molecule has 1 heterocycles. The molecule has 0 aromatic heterocycles. The molecular weight excluding hydrogens is 320 g/mol. The molecule has 1 aliphatic rings. The van der Waals surface area contributed by atoms with Crippen molar-refractivity contribution in [3.8, 4) is 11.5 Å². The summed E-state index contributed by atoms with van der Waals surface area (Å²) in [6.07, 6.45) is 0. The third-order valence-electron chi connectivity index (χ3n) is 4.58. The molecule has 0 unspecified atom stereocenters. The lowest BCUT2D eigenvalue weighted by Crippen LogP contribution is -2.29. The van der Waals surface area contributed by atoms with Gasteiger partial charge in [-0.15, -0.1) is 25.3 Å². The van der Waals surface area contributed by atoms with Gasteiger partial charge >= 0.3 is 0 Å². The average molecular weight is 336 g/mol. The topological polar surface area (TPSA) is 9.23 Å². The first-order valence-electron chi connectivity index (χ1n) is 7.49. The van der Waals surface area contributed by atoms with Crippen LogP contribution in [-0.2, 0) is 5.41 Å². The molecule has 3 heteroatoms. The van der Waals surface area contributed by atoms with Gasteiger partial charge < -0.3 is 4.74 Å². The summed E-state index contributed by atoms with van der Waals surface area (Å²) < 4.78 is 6.16. The van der Waals surface area contributed by atoms with Gasteiger partial charge in [-0.1, -0.05) is 42.5 Å². The molecule has 4 rings (SSSR count). The molecule has 0 fully saturated rings. The molecule has 114 valence electrons. The number of ether oxygens (including phenoxy) is 1. The van der Waals surface area contributed by atoms with E-state index in [9.17, 15) is 0 Å². The first-order valence-corrected chi connectivity index (χ1v) is 8.39. The molecule has 0 atom stereocenters. The predicted molar refractivity (Wildman–Crippen MR) is 99.5 cm³/mol. The van der Waals surface area contributed by atoms with Crippen LogP contribution in [0.3, 0.4) is 0 Å². The second kappa shape index (κ2) is 5.36. The van der Waals surface area contributed by atoms with Crippen molar-refractivity contribution in [2.45, 2.75) is 22.1 Å². The summed E-state index contributed by atoms with van der Waals surface area (Å²) in [6.45, 7) is 2.25. The van der Waals surface area contributed by atoms with Crippen LogP contribution in [0.1, 0.15) is 23.6 Å². The average Bonchev–Trinajstić information content (AvgIpc) is 2.55. The van der Waals surface area contributed by atoms with Gasteiger partial charge in [0.1, 0.15) is 11.5 Å². The van der Waals surface area contributed by atoms with E-state index in [4.69, 9.17) is 4.74 Å². The molecule has 3 aromatic rings. The predicted octanol–water partition coefficient (Wildman–Crippen LogP) is 5.72. The van der Waals surface area contributed by atoms with Gasteiger partial charge in [0.15, 0.2) is 0 Å². The van der Waals surface area contributed by atoms with Crippen molar-refractivity contribution in [2.24, 2.45) is 0 Å². The standard InChI is InChI=1S/C20H16OS2/c1-20(13-5-3-2-4-6-13)16-9-7-14(22)11-18(16)21-19-12-15(23)8-10-17(19)20/h2-12,22-23H,1H3. The lowest BCUT2D eigenvalue weighted by atomic mass is 9.69. The van der Waals surface area contributed by atoms with Gasteiger partial charge in [-0.2, -0.15) is 0 Å². The van der Waals surface area contributed by atoms with Crippen molar-refractivity contribution in [1.82, 2.24) is 0 Å². The first-order chi connectivity index (χ1) is 11.1. The Morgan fingerprint density at radius 3 is 1.78 bits per heavy atom. The van der Waals surface area contributed by atoms with Crippen LogP contribution < -0.4 is 4.74 Å². The van der Waals surface area contributed by atoms with Gasteiger partial charge in [0.25, 0.3) is 0 Å². The number of rotatable bonds is 1. The van der Waals surface area contributed by atoms with E-state index in [0.29, 0.717) is 0 Å². The molecule has 3 aromatic carbocycles. The monoisotopic (exact) mass is 336 g/mol. The van der Waals surface area contributed by atoms with Crippen LogP contribution in [0.15, 0.2) is 76.5 Å². The fourth-order valence-electron chi connectivity index (χ4n) is 3.36. The van der Waals surface area contributed by atoms with E-state index < -0.39 is 0 Å². The van der Waals surface area contributed by atoms with Gasteiger partial charge in [0.05, 0.1) is 0 Å². The largest absolute Gasteiger partial charge is 0.457 e. The highest BCUT2D eigenvalue weighted by atomic mass is 32.1. The lowest BCUT2D eigenvalue weighted by molar-refractivity contribution is 0.424. The maximum absolute atomic E-state index is 6.16. The molecule has 1 nitrogen and oxygen atoms in total. The summed E-state index contributed by atoms with van der Waals surface area (Å²) in [6, 6.07) is 22.8. The minimum Gasteiger partial charge on any atom is -0.457 e. The summed E-state index contributed by atoms with van der Waals surface area (Å²) in [5.41, 5.74) is 3.28. The van der Waals surface area contributed by atoms with E-state index in [1.54, 1.807) is 0 Å². The third-order valence-corrected chi connectivity index (χ3v) is 5.14. The Labute approximate surface area is 147 Å². The molecule has 0 saturated carbocycles. The normalized spacial score (nSPS) is 14.6. The van der Waals surface area contributed by atoms with Crippen LogP contribution in [0, 0.1) is 0 Å². The summed E-state index contributed by atoms with van der Waals surface area (Å²) in [4.78, 5) is 1.79. The van der Waals surface area contributed by atoms with Gasteiger partial charge in [0.2, 0.25) is 0 Å². The summed E-state index contributed by atoms with van der Waals surface area (Å²) in [5.74, 6) is 1.71.